The fourth-order valence-electron chi connectivity index (χ4n) is 4.77. The number of aryl methyl sites for hydroxylation is 2. The van der Waals surface area contributed by atoms with Crippen LogP contribution in [0.3, 0.4) is 0 Å². The quantitative estimate of drug-likeness (QED) is 0.152. The van der Waals surface area contributed by atoms with Gasteiger partial charge in [-0.3, -0.25) is 14.4 Å². The van der Waals surface area contributed by atoms with Gasteiger partial charge in [0, 0.05) is 44.2 Å². The predicted octanol–water partition coefficient (Wildman–Crippen LogP) is 4.36. The van der Waals surface area contributed by atoms with Gasteiger partial charge >= 0.3 is 18.1 Å². The molecule has 0 aliphatic carbocycles. The van der Waals surface area contributed by atoms with Gasteiger partial charge in [-0.05, 0) is 64.2 Å². The maximum absolute atomic E-state index is 13.1. The molecule has 5 amide bonds. The predicted molar refractivity (Wildman–Crippen MR) is 179 cm³/mol. The minimum absolute atomic E-state index is 0.147. The second-order valence-corrected chi connectivity index (χ2v) is 14.4. The van der Waals surface area contributed by atoms with Crippen LogP contribution in [0.15, 0.2) is 24.3 Å². The molecule has 2 heterocycles. The topological polar surface area (TPSA) is 194 Å². The van der Waals surface area contributed by atoms with Crippen molar-refractivity contribution in [1.82, 2.24) is 20.5 Å². The number of nitrogens with one attached hydrogen (secondary N) is 4. The summed E-state index contributed by atoms with van der Waals surface area (Å²) in [6.07, 6.45) is 1.09. The molecule has 0 saturated carbocycles. The monoisotopic (exact) mass is 673 g/mol. The molecule has 6 N–H and O–H groups in total. The first-order chi connectivity index (χ1) is 21.9. The average Bonchev–Trinajstić information content (AvgIpc) is 3.53. The van der Waals surface area contributed by atoms with Crippen molar-refractivity contribution in [3.8, 4) is 0 Å². The molecular formula is C32H47N7O7S. The standard InChI is InChI=1S/C32H47N7O7S/c1-20(40)35-28-36-23(25(47-28)26(42)34-17-9-19-39-18-8-10-24(39)41)16-13-21-11-14-22(15-12-21)37-32(30(2,3)4,45-27(33)43)46-29(44)38-31(5,6)7/h11-12,14-15,37H,8-10,13,16-19H2,1-7H3,(H2,33,43)(H,34,42)(H,38,44)(H,35,36,40). The van der Waals surface area contributed by atoms with E-state index in [4.69, 9.17) is 15.2 Å². The summed E-state index contributed by atoms with van der Waals surface area (Å²) < 4.78 is 11.1. The Hall–Kier alpha value is -4.40. The van der Waals surface area contributed by atoms with Crippen LogP contribution in [0, 0.1) is 5.41 Å². The van der Waals surface area contributed by atoms with Gasteiger partial charge in [0.05, 0.1) is 11.1 Å². The second kappa shape index (κ2) is 15.5. The highest BCUT2D eigenvalue weighted by molar-refractivity contribution is 7.17. The number of carbonyl (C=O) groups excluding carboxylic acids is 5. The molecule has 258 valence electrons. The molecule has 2 aromatic rings. The first kappa shape index (κ1) is 37.1. The fourth-order valence-corrected chi connectivity index (χ4v) is 5.75. The Morgan fingerprint density at radius 1 is 1.02 bits per heavy atom. The number of hydrogen-bond acceptors (Lipinski definition) is 10. The van der Waals surface area contributed by atoms with E-state index in [0.717, 1.165) is 29.9 Å². The molecule has 0 bridgehead atoms. The molecular weight excluding hydrogens is 626 g/mol. The number of nitrogens with zero attached hydrogens (tertiary/aromatic N) is 2. The average molecular weight is 674 g/mol. The Balaban J connectivity index is 1.71. The fraction of sp³-hybridized carbons (Fsp3) is 0.562. The van der Waals surface area contributed by atoms with Crippen molar-refractivity contribution in [1.29, 1.82) is 0 Å². The van der Waals surface area contributed by atoms with Gasteiger partial charge in [0.25, 0.3) is 5.91 Å². The first-order valence-electron chi connectivity index (χ1n) is 15.6. The van der Waals surface area contributed by atoms with Crippen LogP contribution in [-0.4, -0.2) is 70.9 Å². The molecule has 15 heteroatoms. The number of ether oxygens (including phenoxy) is 2. The largest absolute Gasteiger partial charge is 0.412 e. The number of amides is 5. The van der Waals surface area contributed by atoms with Gasteiger partial charge in [-0.25, -0.2) is 14.6 Å². The van der Waals surface area contributed by atoms with Crippen LogP contribution in [0.5, 0.6) is 0 Å². The van der Waals surface area contributed by atoms with Crippen LogP contribution < -0.4 is 27.0 Å². The van der Waals surface area contributed by atoms with Crippen molar-refractivity contribution in [3.63, 3.8) is 0 Å². The SMILES string of the molecule is CC(=O)Nc1nc(CCc2ccc(NC(OC(N)=O)(OC(=O)NC(C)(C)C)C(C)(C)C)cc2)c(C(=O)NCCCN2CCCC2=O)s1. The molecule has 0 radical (unpaired) electrons. The lowest BCUT2D eigenvalue weighted by atomic mass is 9.90. The third-order valence-corrected chi connectivity index (χ3v) is 8.12. The van der Waals surface area contributed by atoms with E-state index >= 15 is 0 Å². The first-order valence-corrected chi connectivity index (χ1v) is 16.4. The molecule has 1 aromatic carbocycles. The van der Waals surface area contributed by atoms with Crippen molar-refractivity contribution in [3.05, 3.63) is 40.4 Å². The Morgan fingerprint density at radius 3 is 2.26 bits per heavy atom. The number of primary amides is 1. The highest BCUT2D eigenvalue weighted by atomic mass is 32.1. The van der Waals surface area contributed by atoms with Gasteiger partial charge in [0.15, 0.2) is 5.13 Å². The van der Waals surface area contributed by atoms with E-state index in [1.54, 1.807) is 53.7 Å². The van der Waals surface area contributed by atoms with E-state index in [1.807, 2.05) is 17.0 Å². The van der Waals surface area contributed by atoms with E-state index in [1.165, 1.54) is 6.92 Å². The summed E-state index contributed by atoms with van der Waals surface area (Å²) in [6, 6.07) is 7.17. The summed E-state index contributed by atoms with van der Waals surface area (Å²) in [5.41, 5.74) is 5.79. The van der Waals surface area contributed by atoms with Gasteiger partial charge in [0.2, 0.25) is 11.8 Å². The zero-order valence-electron chi connectivity index (χ0n) is 28.2. The van der Waals surface area contributed by atoms with Crippen molar-refractivity contribution in [2.75, 3.05) is 30.3 Å². The van der Waals surface area contributed by atoms with Gasteiger partial charge in [-0.2, -0.15) is 0 Å². The normalized spacial score (nSPS) is 14.6. The molecule has 0 spiro atoms. The van der Waals surface area contributed by atoms with Crippen molar-refractivity contribution < 1.29 is 33.4 Å². The van der Waals surface area contributed by atoms with E-state index in [-0.39, 0.29) is 17.7 Å². The Bertz CT molecular complexity index is 1450. The number of thiazole rings is 1. The third-order valence-electron chi connectivity index (χ3n) is 7.11. The zero-order chi connectivity index (χ0) is 35.0. The number of rotatable bonds is 13. The summed E-state index contributed by atoms with van der Waals surface area (Å²) in [4.78, 5) is 68.0. The van der Waals surface area contributed by atoms with Crippen molar-refractivity contribution >= 4 is 52.1 Å². The maximum atomic E-state index is 13.1. The number of nitrogens with two attached hydrogens (primary N) is 1. The van der Waals surface area contributed by atoms with Crippen LogP contribution in [0.2, 0.25) is 0 Å². The molecule has 1 atom stereocenters. The van der Waals surface area contributed by atoms with Crippen LogP contribution in [0.1, 0.15) is 88.7 Å². The van der Waals surface area contributed by atoms with Crippen LogP contribution in [0.25, 0.3) is 0 Å². The highest BCUT2D eigenvalue weighted by Gasteiger charge is 2.50. The van der Waals surface area contributed by atoms with Crippen molar-refractivity contribution in [2.24, 2.45) is 11.1 Å². The molecule has 14 nitrogen and oxygen atoms in total. The smallest absolute Gasteiger partial charge is 0.387 e. The van der Waals surface area contributed by atoms with Gasteiger partial charge in [-0.15, -0.1) is 0 Å². The Labute approximate surface area is 279 Å². The summed E-state index contributed by atoms with van der Waals surface area (Å²) in [5.74, 6) is -2.37. The molecule has 3 rings (SSSR count). The van der Waals surface area contributed by atoms with Gasteiger partial charge in [0.1, 0.15) is 4.88 Å². The lowest BCUT2D eigenvalue weighted by Crippen LogP contribution is -2.59. The maximum Gasteiger partial charge on any atom is 0.412 e. The number of hydrogen-bond donors (Lipinski definition) is 5. The Morgan fingerprint density at radius 2 is 1.70 bits per heavy atom. The number of anilines is 2. The van der Waals surface area contributed by atoms with Crippen molar-refractivity contribution in [2.45, 2.75) is 92.0 Å². The van der Waals surface area contributed by atoms with Crippen LogP contribution in [-0.2, 0) is 31.9 Å². The molecule has 47 heavy (non-hydrogen) atoms. The zero-order valence-corrected chi connectivity index (χ0v) is 29.0. The number of benzene rings is 1. The molecule has 1 fully saturated rings. The van der Waals surface area contributed by atoms with Gasteiger partial charge < -0.3 is 41.4 Å². The summed E-state index contributed by atoms with van der Waals surface area (Å²) in [6.45, 7) is 13.7. The Kier molecular flexibility index (Phi) is 12.2. The number of alkyl carbamates (subject to hydrolysis) is 1. The van der Waals surface area contributed by atoms with Crippen LogP contribution >= 0.6 is 11.3 Å². The van der Waals surface area contributed by atoms with E-state index in [2.05, 4.69) is 26.3 Å². The van der Waals surface area contributed by atoms with Crippen LogP contribution in [0.4, 0.5) is 20.4 Å². The lowest BCUT2D eigenvalue weighted by molar-refractivity contribution is -0.202. The van der Waals surface area contributed by atoms with E-state index in [0.29, 0.717) is 60.2 Å². The van der Waals surface area contributed by atoms with E-state index < -0.39 is 29.1 Å². The minimum Gasteiger partial charge on any atom is -0.387 e. The summed E-state index contributed by atoms with van der Waals surface area (Å²) in [7, 11) is 0. The summed E-state index contributed by atoms with van der Waals surface area (Å²) >= 11 is 1.11. The molecule has 1 saturated heterocycles. The highest BCUT2D eigenvalue weighted by Crippen LogP contribution is 2.37. The third kappa shape index (κ3) is 11.1. The minimum atomic E-state index is -1.94. The second-order valence-electron chi connectivity index (χ2n) is 13.4. The lowest BCUT2D eigenvalue weighted by Gasteiger charge is -2.42. The summed E-state index contributed by atoms with van der Waals surface area (Å²) in [5, 5.41) is 11.6. The molecule has 1 unspecified atom stereocenters. The van der Waals surface area contributed by atoms with E-state index in [9.17, 15) is 24.0 Å². The van der Waals surface area contributed by atoms with Gasteiger partial charge in [-0.1, -0.05) is 44.2 Å². The number of likely N-dealkylation sites (tertiary alicyclic amines) is 1. The molecule has 1 aliphatic heterocycles. The number of carbonyl (C=O) groups is 5. The molecule has 1 aromatic heterocycles. The molecule has 1 aliphatic rings. The number of aromatic nitrogens is 1.